The molecule has 2 aromatic rings. The standard InChI is InChI=1S/C13H12F3N3O/c1-9-3-2-4-10(5-9)7-19-8-11(6-17-19)18-12(20)13(14,15)16/h2-6,8H,7H2,1H3,(H,18,20). The number of hydrogen-bond donors (Lipinski definition) is 1. The molecule has 0 saturated heterocycles. The molecule has 1 aromatic heterocycles. The maximum absolute atomic E-state index is 12.1. The van der Waals surface area contributed by atoms with Gasteiger partial charge in [-0.05, 0) is 12.5 Å². The van der Waals surface area contributed by atoms with Crippen LogP contribution >= 0.6 is 0 Å². The minimum absolute atomic E-state index is 0.0139. The highest BCUT2D eigenvalue weighted by Gasteiger charge is 2.38. The second kappa shape index (κ2) is 5.36. The van der Waals surface area contributed by atoms with Crippen molar-refractivity contribution >= 4 is 11.6 Å². The van der Waals surface area contributed by atoms with E-state index in [0.29, 0.717) is 6.54 Å². The van der Waals surface area contributed by atoms with Crippen LogP contribution in [0.4, 0.5) is 18.9 Å². The van der Waals surface area contributed by atoms with Gasteiger partial charge in [0.05, 0.1) is 18.4 Å². The first kappa shape index (κ1) is 14.1. The highest BCUT2D eigenvalue weighted by Crippen LogP contribution is 2.18. The molecule has 1 N–H and O–H groups in total. The average Bonchev–Trinajstić information content (AvgIpc) is 2.75. The van der Waals surface area contributed by atoms with E-state index in [9.17, 15) is 18.0 Å². The van der Waals surface area contributed by atoms with E-state index < -0.39 is 12.1 Å². The molecule has 7 heteroatoms. The van der Waals surface area contributed by atoms with Crippen molar-refractivity contribution < 1.29 is 18.0 Å². The number of anilines is 1. The Labute approximate surface area is 113 Å². The number of hydrogen-bond acceptors (Lipinski definition) is 2. The topological polar surface area (TPSA) is 46.9 Å². The summed E-state index contributed by atoms with van der Waals surface area (Å²) in [5.74, 6) is -2.01. The fraction of sp³-hybridized carbons (Fsp3) is 0.231. The largest absolute Gasteiger partial charge is 0.471 e. The molecule has 0 spiro atoms. The van der Waals surface area contributed by atoms with Gasteiger partial charge < -0.3 is 5.32 Å². The van der Waals surface area contributed by atoms with E-state index in [2.05, 4.69) is 5.10 Å². The van der Waals surface area contributed by atoms with E-state index in [1.165, 1.54) is 17.1 Å². The van der Waals surface area contributed by atoms with Crippen molar-refractivity contribution in [3.8, 4) is 0 Å². The van der Waals surface area contributed by atoms with Crippen molar-refractivity contribution in [2.45, 2.75) is 19.6 Å². The van der Waals surface area contributed by atoms with Crippen LogP contribution < -0.4 is 5.32 Å². The molecule has 4 nitrogen and oxygen atoms in total. The summed E-state index contributed by atoms with van der Waals surface area (Å²) in [6.07, 6.45) is -2.37. The van der Waals surface area contributed by atoms with Crippen molar-refractivity contribution in [2.24, 2.45) is 0 Å². The molecule has 0 aliphatic rings. The molecule has 0 atom stereocenters. The van der Waals surface area contributed by atoms with Crippen LogP contribution in [-0.4, -0.2) is 21.9 Å². The number of benzene rings is 1. The second-order valence-electron chi connectivity index (χ2n) is 4.37. The third-order valence-corrected chi connectivity index (χ3v) is 2.58. The Morgan fingerprint density at radius 2 is 2.15 bits per heavy atom. The number of carbonyl (C=O) groups is 1. The third-order valence-electron chi connectivity index (χ3n) is 2.58. The molecule has 0 fully saturated rings. The van der Waals surface area contributed by atoms with Gasteiger partial charge in [-0.3, -0.25) is 9.48 Å². The lowest BCUT2D eigenvalue weighted by Gasteiger charge is -2.05. The zero-order chi connectivity index (χ0) is 14.8. The first-order chi connectivity index (χ1) is 9.34. The van der Waals surface area contributed by atoms with Gasteiger partial charge in [-0.25, -0.2) is 0 Å². The molecule has 0 aliphatic heterocycles. The van der Waals surface area contributed by atoms with E-state index in [1.54, 1.807) is 5.32 Å². The predicted molar refractivity (Wildman–Crippen MR) is 67.2 cm³/mol. The smallest absolute Gasteiger partial charge is 0.316 e. The quantitative estimate of drug-likeness (QED) is 0.941. The van der Waals surface area contributed by atoms with Crippen molar-refractivity contribution in [1.82, 2.24) is 9.78 Å². The Morgan fingerprint density at radius 1 is 1.40 bits per heavy atom. The number of aryl methyl sites for hydroxylation is 1. The van der Waals surface area contributed by atoms with Crippen molar-refractivity contribution in [3.63, 3.8) is 0 Å². The van der Waals surface area contributed by atoms with Crippen LogP contribution in [0.15, 0.2) is 36.7 Å². The van der Waals surface area contributed by atoms with Crippen LogP contribution in [0.2, 0.25) is 0 Å². The summed E-state index contributed by atoms with van der Waals surface area (Å²) < 4.78 is 37.7. The predicted octanol–water partition coefficient (Wildman–Crippen LogP) is 2.74. The highest BCUT2D eigenvalue weighted by atomic mass is 19.4. The van der Waals surface area contributed by atoms with Gasteiger partial charge in [0.25, 0.3) is 0 Å². The normalized spacial score (nSPS) is 11.4. The Bertz CT molecular complexity index is 619. The molecule has 20 heavy (non-hydrogen) atoms. The Morgan fingerprint density at radius 3 is 2.80 bits per heavy atom. The van der Waals surface area contributed by atoms with Gasteiger partial charge in [0, 0.05) is 6.20 Å². The van der Waals surface area contributed by atoms with Crippen LogP contribution in [-0.2, 0) is 11.3 Å². The molecule has 1 heterocycles. The Hall–Kier alpha value is -2.31. The Balaban J connectivity index is 2.04. The molecular formula is C13H12F3N3O. The van der Waals surface area contributed by atoms with Gasteiger partial charge in [-0.15, -0.1) is 0 Å². The number of nitrogens with zero attached hydrogens (tertiary/aromatic N) is 2. The summed E-state index contributed by atoms with van der Waals surface area (Å²) in [7, 11) is 0. The number of amides is 1. The van der Waals surface area contributed by atoms with Crippen molar-refractivity contribution in [1.29, 1.82) is 0 Å². The number of alkyl halides is 3. The highest BCUT2D eigenvalue weighted by molar-refractivity contribution is 5.94. The van der Waals surface area contributed by atoms with Crippen molar-refractivity contribution in [2.75, 3.05) is 5.32 Å². The second-order valence-corrected chi connectivity index (χ2v) is 4.37. The van der Waals surface area contributed by atoms with E-state index in [0.717, 1.165) is 11.1 Å². The lowest BCUT2D eigenvalue weighted by atomic mass is 10.1. The van der Waals surface area contributed by atoms with Crippen LogP contribution in [0.5, 0.6) is 0 Å². The van der Waals surface area contributed by atoms with E-state index in [4.69, 9.17) is 0 Å². The van der Waals surface area contributed by atoms with Gasteiger partial charge in [0.2, 0.25) is 0 Å². The van der Waals surface area contributed by atoms with Gasteiger partial charge in [0.15, 0.2) is 0 Å². The van der Waals surface area contributed by atoms with Gasteiger partial charge >= 0.3 is 12.1 Å². The van der Waals surface area contributed by atoms with E-state index in [1.807, 2.05) is 31.2 Å². The summed E-state index contributed by atoms with van der Waals surface area (Å²) in [5, 5.41) is 5.66. The maximum Gasteiger partial charge on any atom is 0.471 e. The van der Waals surface area contributed by atoms with Crippen LogP contribution in [0.3, 0.4) is 0 Å². The monoisotopic (exact) mass is 283 g/mol. The summed E-state index contributed by atoms with van der Waals surface area (Å²) in [6.45, 7) is 2.37. The summed E-state index contributed by atoms with van der Waals surface area (Å²) in [6, 6.07) is 7.68. The first-order valence-corrected chi connectivity index (χ1v) is 5.81. The average molecular weight is 283 g/mol. The third kappa shape index (κ3) is 3.59. The molecule has 0 saturated carbocycles. The molecule has 0 bridgehead atoms. The van der Waals surface area contributed by atoms with Crippen LogP contribution in [0.25, 0.3) is 0 Å². The first-order valence-electron chi connectivity index (χ1n) is 5.81. The molecule has 0 radical (unpaired) electrons. The number of rotatable bonds is 3. The summed E-state index contributed by atoms with van der Waals surface area (Å²) in [5.41, 5.74) is 2.07. The molecular weight excluding hydrogens is 271 g/mol. The van der Waals surface area contributed by atoms with Crippen molar-refractivity contribution in [3.05, 3.63) is 47.8 Å². The lowest BCUT2D eigenvalue weighted by Crippen LogP contribution is -2.29. The zero-order valence-corrected chi connectivity index (χ0v) is 10.6. The summed E-state index contributed by atoms with van der Waals surface area (Å²) in [4.78, 5) is 10.8. The molecule has 106 valence electrons. The molecule has 2 rings (SSSR count). The molecule has 1 amide bonds. The fourth-order valence-electron chi connectivity index (χ4n) is 1.71. The van der Waals surface area contributed by atoms with E-state index in [-0.39, 0.29) is 5.69 Å². The number of halogens is 3. The molecule has 1 aromatic carbocycles. The minimum atomic E-state index is -4.90. The summed E-state index contributed by atoms with van der Waals surface area (Å²) >= 11 is 0. The number of nitrogens with one attached hydrogen (secondary N) is 1. The number of aromatic nitrogens is 2. The lowest BCUT2D eigenvalue weighted by molar-refractivity contribution is -0.167. The van der Waals surface area contributed by atoms with Gasteiger partial charge in [-0.2, -0.15) is 18.3 Å². The molecule has 0 aliphatic carbocycles. The molecule has 0 unspecified atom stereocenters. The maximum atomic E-state index is 12.1. The number of carbonyl (C=O) groups excluding carboxylic acids is 1. The zero-order valence-electron chi connectivity index (χ0n) is 10.6. The van der Waals surface area contributed by atoms with E-state index >= 15 is 0 Å². The fourth-order valence-corrected chi connectivity index (χ4v) is 1.71. The van der Waals surface area contributed by atoms with Crippen LogP contribution in [0, 0.1) is 6.92 Å². The van der Waals surface area contributed by atoms with Crippen LogP contribution in [0.1, 0.15) is 11.1 Å². The Kier molecular flexibility index (Phi) is 3.78. The van der Waals surface area contributed by atoms with Gasteiger partial charge in [0.1, 0.15) is 0 Å². The van der Waals surface area contributed by atoms with Gasteiger partial charge in [-0.1, -0.05) is 29.8 Å². The SMILES string of the molecule is Cc1cccc(Cn2cc(NC(=O)C(F)(F)F)cn2)c1. The minimum Gasteiger partial charge on any atom is -0.316 e.